The third kappa shape index (κ3) is 8.21. The average molecular weight is 873 g/mol. The standard InChI is InChI=1S/C49H60N8O7/c1-62-47(61)55-42(36-17-25-64-49(27-36)20-5-21-49)46(60)57-23-3-7-40(57)44-51-29-38(54-44)34-14-10-32(11-15-34)31-8-12-33(13-9-31)37-28-50-43(53-37)39-6-2-22-56(39)45(59)41(52-30-58)35-16-24-63-48(26-35)18-4-19-48/h8-15,28-30,35-36,39-42H,2-7,16-27H2,1H3,(H,50,53)(H,51,54)(H,52,58)(H,55,61)/t35?,36?,39-,40-,41?,42?/m0/s1. The quantitative estimate of drug-likeness (QED) is 0.109. The molecule has 2 aromatic heterocycles. The lowest BCUT2D eigenvalue weighted by molar-refractivity contribution is -0.156. The number of likely N-dealkylation sites (tertiary alicyclic amines) is 2. The third-order valence-corrected chi connectivity index (χ3v) is 15.4. The smallest absolute Gasteiger partial charge is 0.407 e. The van der Waals surface area contributed by atoms with Crippen molar-refractivity contribution < 1.29 is 33.4 Å². The molecule has 6 aliphatic rings. The molecule has 2 saturated carbocycles. The molecule has 4 unspecified atom stereocenters. The van der Waals surface area contributed by atoms with Gasteiger partial charge in [-0.05, 0) is 124 Å². The maximum absolute atomic E-state index is 14.3. The first-order chi connectivity index (χ1) is 31.2. The number of H-pyrrole nitrogens is 2. The number of aromatic nitrogens is 4. The van der Waals surface area contributed by atoms with Gasteiger partial charge in [0.25, 0.3) is 0 Å². The van der Waals surface area contributed by atoms with Crippen LogP contribution in [0.25, 0.3) is 33.6 Å². The van der Waals surface area contributed by atoms with E-state index in [-0.39, 0.29) is 46.9 Å². The van der Waals surface area contributed by atoms with Crippen LogP contribution in [0, 0.1) is 11.8 Å². The molecule has 64 heavy (non-hydrogen) atoms. The number of rotatable bonds is 12. The van der Waals surface area contributed by atoms with Gasteiger partial charge in [0.05, 0.1) is 54.2 Å². The molecule has 338 valence electrons. The van der Waals surface area contributed by atoms with Gasteiger partial charge in [-0.1, -0.05) is 48.5 Å². The van der Waals surface area contributed by atoms with E-state index in [0.29, 0.717) is 39.1 Å². The zero-order chi connectivity index (χ0) is 43.8. The van der Waals surface area contributed by atoms with E-state index in [1.54, 1.807) is 0 Å². The Bertz CT molecular complexity index is 2320. The topological polar surface area (TPSA) is 184 Å². The highest BCUT2D eigenvalue weighted by molar-refractivity contribution is 5.87. The molecule has 15 nitrogen and oxygen atoms in total. The highest BCUT2D eigenvalue weighted by Crippen LogP contribution is 2.47. The van der Waals surface area contributed by atoms with Crippen molar-refractivity contribution in [2.24, 2.45) is 11.8 Å². The van der Waals surface area contributed by atoms with Crippen LogP contribution in [-0.2, 0) is 28.6 Å². The molecule has 0 bridgehead atoms. The van der Waals surface area contributed by atoms with E-state index in [9.17, 15) is 19.2 Å². The molecule has 4 saturated heterocycles. The number of carbonyl (C=O) groups is 4. The van der Waals surface area contributed by atoms with Crippen LogP contribution in [0.4, 0.5) is 4.79 Å². The maximum Gasteiger partial charge on any atom is 0.407 e. The fourth-order valence-corrected chi connectivity index (χ4v) is 11.6. The lowest BCUT2D eigenvalue weighted by Crippen LogP contribution is -2.56. The highest BCUT2D eigenvalue weighted by atomic mass is 16.5. The summed E-state index contributed by atoms with van der Waals surface area (Å²) in [6.07, 6.45) is 16.4. The van der Waals surface area contributed by atoms with E-state index in [2.05, 4.69) is 69.1 Å². The Labute approximate surface area is 373 Å². The number of hydrogen-bond donors (Lipinski definition) is 4. The fourth-order valence-electron chi connectivity index (χ4n) is 11.6. The van der Waals surface area contributed by atoms with Crippen molar-refractivity contribution in [1.29, 1.82) is 0 Å². The number of carbonyl (C=O) groups excluding carboxylic acids is 4. The molecule has 6 atom stereocenters. The Balaban J connectivity index is 0.783. The lowest BCUT2D eigenvalue weighted by atomic mass is 9.70. The summed E-state index contributed by atoms with van der Waals surface area (Å²) in [5.41, 5.74) is 5.59. The summed E-state index contributed by atoms with van der Waals surface area (Å²) in [4.78, 5) is 73.0. The second kappa shape index (κ2) is 17.8. The van der Waals surface area contributed by atoms with E-state index < -0.39 is 18.2 Å². The minimum atomic E-state index is -0.684. The van der Waals surface area contributed by atoms with Gasteiger partial charge < -0.3 is 44.6 Å². The van der Waals surface area contributed by atoms with Gasteiger partial charge in [0.1, 0.15) is 23.7 Å². The molecule has 4 N–H and O–H groups in total. The molecular weight excluding hydrogens is 813 g/mol. The molecule has 6 fully saturated rings. The minimum absolute atomic E-state index is 0.0249. The maximum atomic E-state index is 14.3. The Morgan fingerprint density at radius 3 is 1.58 bits per heavy atom. The van der Waals surface area contributed by atoms with Crippen molar-refractivity contribution in [3.05, 3.63) is 72.6 Å². The van der Waals surface area contributed by atoms with Gasteiger partial charge in [-0.2, -0.15) is 0 Å². The molecule has 6 heterocycles. The number of imidazole rings is 2. The van der Waals surface area contributed by atoms with Crippen molar-refractivity contribution in [3.63, 3.8) is 0 Å². The van der Waals surface area contributed by atoms with Crippen LogP contribution in [0.5, 0.6) is 0 Å². The van der Waals surface area contributed by atoms with Crippen molar-refractivity contribution in [3.8, 4) is 33.6 Å². The van der Waals surface area contributed by atoms with Crippen LogP contribution < -0.4 is 10.6 Å². The first-order valence-corrected chi connectivity index (χ1v) is 23.5. The monoisotopic (exact) mass is 872 g/mol. The summed E-state index contributed by atoms with van der Waals surface area (Å²) in [6.45, 7) is 2.45. The molecule has 10 rings (SSSR count). The number of nitrogens with one attached hydrogen (secondary N) is 4. The van der Waals surface area contributed by atoms with Crippen molar-refractivity contribution in [2.45, 2.75) is 125 Å². The lowest BCUT2D eigenvalue weighted by Gasteiger charge is -2.48. The molecule has 2 aliphatic carbocycles. The SMILES string of the molecule is COC(=O)NC(C(=O)N1CCC[C@H]1c1ncc(-c2ccc(-c3ccc(-c4cnc([C@@H]5CCCN5C(=O)C(NC=O)C5CCOC6(CCC6)C5)[nH]4)cc3)cc2)[nH]1)C1CCOC2(CCC2)C1. The Morgan fingerprint density at radius 2 is 1.14 bits per heavy atom. The van der Waals surface area contributed by atoms with Crippen LogP contribution in [0.15, 0.2) is 60.9 Å². The van der Waals surface area contributed by atoms with E-state index in [1.165, 1.54) is 7.11 Å². The summed E-state index contributed by atoms with van der Waals surface area (Å²) < 4.78 is 17.2. The van der Waals surface area contributed by atoms with Crippen molar-refractivity contribution >= 4 is 24.3 Å². The van der Waals surface area contributed by atoms with Gasteiger partial charge in [0.2, 0.25) is 18.2 Å². The number of hydrogen-bond acceptors (Lipinski definition) is 9. The van der Waals surface area contributed by atoms with Crippen LogP contribution >= 0.6 is 0 Å². The zero-order valence-corrected chi connectivity index (χ0v) is 36.7. The number of benzene rings is 2. The number of ether oxygens (including phenoxy) is 3. The second-order valence-corrected chi connectivity index (χ2v) is 19.0. The third-order valence-electron chi connectivity index (χ3n) is 15.4. The highest BCUT2D eigenvalue weighted by Gasteiger charge is 2.49. The first-order valence-electron chi connectivity index (χ1n) is 23.5. The van der Waals surface area contributed by atoms with E-state index in [4.69, 9.17) is 24.2 Å². The molecule has 2 spiro atoms. The Hall–Kier alpha value is -5.54. The van der Waals surface area contributed by atoms with Crippen LogP contribution in [0.2, 0.25) is 0 Å². The number of amides is 4. The average Bonchev–Trinajstić information content (AvgIpc) is 4.16. The van der Waals surface area contributed by atoms with Gasteiger partial charge in [0, 0.05) is 26.3 Å². The van der Waals surface area contributed by atoms with Gasteiger partial charge in [-0.25, -0.2) is 14.8 Å². The molecule has 2 aromatic carbocycles. The molecule has 15 heteroatoms. The van der Waals surface area contributed by atoms with Gasteiger partial charge in [-0.3, -0.25) is 14.4 Å². The molecular formula is C49H60N8O7. The van der Waals surface area contributed by atoms with E-state index >= 15 is 0 Å². The fraction of sp³-hybridized carbons (Fsp3) is 0.551. The predicted octanol–water partition coefficient (Wildman–Crippen LogP) is 7.00. The van der Waals surface area contributed by atoms with Crippen molar-refractivity contribution in [2.75, 3.05) is 33.4 Å². The number of methoxy groups -OCH3 is 1. The normalized spacial score (nSPS) is 25.6. The largest absolute Gasteiger partial charge is 0.453 e. The second-order valence-electron chi connectivity index (χ2n) is 19.0. The number of nitrogens with zero attached hydrogens (tertiary/aromatic N) is 4. The zero-order valence-electron chi connectivity index (χ0n) is 36.7. The Morgan fingerprint density at radius 1 is 0.688 bits per heavy atom. The van der Waals surface area contributed by atoms with Crippen LogP contribution in [0.3, 0.4) is 0 Å². The van der Waals surface area contributed by atoms with Crippen LogP contribution in [0.1, 0.15) is 114 Å². The summed E-state index contributed by atoms with van der Waals surface area (Å²) >= 11 is 0. The first kappa shape index (κ1) is 42.4. The molecule has 4 amide bonds. The van der Waals surface area contributed by atoms with Crippen LogP contribution in [-0.4, -0.2) is 111 Å². The summed E-state index contributed by atoms with van der Waals surface area (Å²) in [7, 11) is 1.33. The van der Waals surface area contributed by atoms with Gasteiger partial charge in [0.15, 0.2) is 0 Å². The van der Waals surface area contributed by atoms with E-state index in [1.807, 2.05) is 22.2 Å². The van der Waals surface area contributed by atoms with Gasteiger partial charge >= 0.3 is 6.09 Å². The van der Waals surface area contributed by atoms with E-state index in [0.717, 1.165) is 129 Å². The molecule has 4 aliphatic heterocycles. The predicted molar refractivity (Wildman–Crippen MR) is 237 cm³/mol. The van der Waals surface area contributed by atoms with Gasteiger partial charge in [-0.15, -0.1) is 0 Å². The number of alkyl carbamates (subject to hydrolysis) is 1. The molecule has 4 aromatic rings. The molecule has 0 radical (unpaired) electrons. The summed E-state index contributed by atoms with van der Waals surface area (Å²) in [6, 6.07) is 15.1. The van der Waals surface area contributed by atoms with Crippen molar-refractivity contribution in [1.82, 2.24) is 40.4 Å². The summed E-state index contributed by atoms with van der Waals surface area (Å²) in [5, 5.41) is 5.80. The summed E-state index contributed by atoms with van der Waals surface area (Å²) in [5.74, 6) is 1.41. The number of aromatic amines is 2. The Kier molecular flexibility index (Phi) is 11.8. The minimum Gasteiger partial charge on any atom is -0.453 e.